The van der Waals surface area contributed by atoms with Gasteiger partial charge in [0, 0.05) is 19.3 Å². The lowest BCUT2D eigenvalue weighted by molar-refractivity contribution is -0.161. The SMILES string of the molecule is CC/C=C\C/C=C\C/C=C\C/C=C\C/C=C\C/C=C\CCCCCCCCCCC(=O)OCC(O)COP(=O)(O)OCC(O)COP(=O)(O)OCC(COC(=O)CCCCCCCCC/C=C\C/C=C\C/C=C\C/C=C\CCCCC)OC(=O)CC/C=C\C/C=C\C/C=C\C/C=C\C/C=C\C/C=C\CC. The van der Waals surface area contributed by atoms with E-state index in [0.29, 0.717) is 25.7 Å². The first-order valence-electron chi connectivity index (χ1n) is 39.7. The van der Waals surface area contributed by atoms with Crippen LogP contribution in [-0.4, -0.2) is 95.9 Å². The molecule has 0 amide bonds. The van der Waals surface area contributed by atoms with E-state index in [9.17, 15) is 43.5 Å². The number of phosphoric ester groups is 2. The minimum atomic E-state index is -4.97. The lowest BCUT2D eigenvalue weighted by Gasteiger charge is -2.21. The number of ether oxygens (including phenoxy) is 3. The highest BCUT2D eigenvalue weighted by atomic mass is 31.2. The summed E-state index contributed by atoms with van der Waals surface area (Å²) in [5, 5.41) is 20.6. The van der Waals surface area contributed by atoms with Crippen molar-refractivity contribution in [1.82, 2.24) is 0 Å². The normalized spacial score (nSPS) is 15.0. The number of carbonyl (C=O) groups excluding carboxylic acids is 3. The van der Waals surface area contributed by atoms with Crippen molar-refractivity contribution >= 4 is 33.6 Å². The van der Waals surface area contributed by atoms with Gasteiger partial charge in [-0.25, -0.2) is 9.13 Å². The Morgan fingerprint density at radius 3 is 0.838 bits per heavy atom. The van der Waals surface area contributed by atoms with Crippen LogP contribution in [0.4, 0.5) is 0 Å². The van der Waals surface area contributed by atoms with E-state index in [0.717, 1.165) is 167 Å². The van der Waals surface area contributed by atoms with Gasteiger partial charge in [0.25, 0.3) is 0 Å². The second-order valence-electron chi connectivity index (χ2n) is 25.7. The van der Waals surface area contributed by atoms with E-state index < -0.39 is 91.5 Å². The summed E-state index contributed by atoms with van der Waals surface area (Å²) in [4.78, 5) is 58.7. The fourth-order valence-corrected chi connectivity index (χ4v) is 11.4. The van der Waals surface area contributed by atoms with Crippen LogP contribution in [0.25, 0.3) is 0 Å². The van der Waals surface area contributed by atoms with Crippen molar-refractivity contribution in [3.05, 3.63) is 194 Å². The Morgan fingerprint density at radius 1 is 0.276 bits per heavy atom. The molecular weight excluding hydrogens is 1360 g/mol. The third kappa shape index (κ3) is 79.3. The third-order valence-corrected chi connectivity index (χ3v) is 17.7. The van der Waals surface area contributed by atoms with Gasteiger partial charge in [-0.3, -0.25) is 32.5 Å². The van der Waals surface area contributed by atoms with Crippen LogP contribution in [0.3, 0.4) is 0 Å². The van der Waals surface area contributed by atoms with Crippen molar-refractivity contribution in [2.24, 2.45) is 0 Å². The van der Waals surface area contributed by atoms with Crippen molar-refractivity contribution < 1.29 is 75.8 Å². The molecule has 0 aromatic rings. The first kappa shape index (κ1) is 99.4. The zero-order chi connectivity index (χ0) is 76.6. The van der Waals surface area contributed by atoms with E-state index in [1.807, 2.05) is 18.2 Å². The highest BCUT2D eigenvalue weighted by Gasteiger charge is 2.29. The standard InChI is InChI=1S/C87H140O16P2/c1-4-7-10-13-16-19-22-25-28-31-34-36-38-39-40-41-43-45-47-49-52-55-58-61-64-67-70-73-85(90)97-76-82(88)77-99-104(93,94)100-78-83(89)79-101-105(95,96)102-81-84(103-87(92)75-72-69-66-63-60-57-54-51-46-33-30-27-24-21-18-15-12-9-6-3)80-98-86(91)74-71-68-65-62-59-56-53-50-48-44-42-37-35-32-29-26-23-20-17-14-11-8-5-2/h7,9-10,12,16-21,25-30,34-37,39-40,43-46,48,51,57,60,66,69,82-84,88-89H,4-6,8,11,13-15,22-24,31-33,38,41-42,47,49-50,52-56,58-59,61-65,67-68,70-81H2,1-3H3,(H,93,94)(H,95,96)/b10-7-,12-9-,19-16-,20-17-,21-18-,28-25-,29-26-,30-27-,36-34-,37-35-,40-39-,45-43-,48-44-,51-46-,60-57-,69-66-. The Hall–Kier alpha value is -5.61. The first-order chi connectivity index (χ1) is 51.2. The van der Waals surface area contributed by atoms with Crippen LogP contribution in [0.5, 0.6) is 0 Å². The second-order valence-corrected chi connectivity index (χ2v) is 28.7. The minimum Gasteiger partial charge on any atom is -0.463 e. The molecule has 0 heterocycles. The second kappa shape index (κ2) is 78.0. The summed E-state index contributed by atoms with van der Waals surface area (Å²) in [6, 6.07) is 0. The summed E-state index contributed by atoms with van der Waals surface area (Å²) in [5.74, 6) is -1.71. The maximum absolute atomic E-state index is 13.0. The van der Waals surface area contributed by atoms with Gasteiger partial charge in [0.05, 0.1) is 26.4 Å². The molecule has 0 fully saturated rings. The predicted octanol–water partition coefficient (Wildman–Crippen LogP) is 23.5. The molecule has 16 nitrogen and oxygen atoms in total. The molecule has 594 valence electrons. The van der Waals surface area contributed by atoms with E-state index in [2.05, 4.69) is 197 Å². The summed E-state index contributed by atoms with van der Waals surface area (Å²) >= 11 is 0. The van der Waals surface area contributed by atoms with E-state index >= 15 is 0 Å². The van der Waals surface area contributed by atoms with Gasteiger partial charge >= 0.3 is 33.6 Å². The molecule has 5 atom stereocenters. The van der Waals surface area contributed by atoms with Gasteiger partial charge < -0.3 is 34.2 Å². The van der Waals surface area contributed by atoms with Crippen molar-refractivity contribution in [3.63, 3.8) is 0 Å². The highest BCUT2D eigenvalue weighted by Crippen LogP contribution is 2.45. The van der Waals surface area contributed by atoms with Gasteiger partial charge in [0.15, 0.2) is 6.10 Å². The first-order valence-corrected chi connectivity index (χ1v) is 42.7. The average Bonchev–Trinajstić information content (AvgIpc) is 0.941. The number of unbranched alkanes of at least 4 members (excludes halogenated alkanes) is 18. The van der Waals surface area contributed by atoms with Gasteiger partial charge in [0.2, 0.25) is 0 Å². The molecule has 0 aromatic carbocycles. The molecule has 0 radical (unpaired) electrons. The molecule has 0 bridgehead atoms. The molecule has 0 aromatic heterocycles. The molecule has 0 aliphatic heterocycles. The summed E-state index contributed by atoms with van der Waals surface area (Å²) in [5.41, 5.74) is 0. The molecule has 5 unspecified atom stereocenters. The van der Waals surface area contributed by atoms with Crippen molar-refractivity contribution in [1.29, 1.82) is 0 Å². The Morgan fingerprint density at radius 2 is 0.524 bits per heavy atom. The number of hydrogen-bond acceptors (Lipinski definition) is 14. The maximum Gasteiger partial charge on any atom is 0.472 e. The average molecular weight is 1500 g/mol. The number of esters is 3. The van der Waals surface area contributed by atoms with E-state index in [4.69, 9.17) is 32.3 Å². The van der Waals surface area contributed by atoms with Gasteiger partial charge in [-0.05, 0) is 154 Å². The summed E-state index contributed by atoms with van der Waals surface area (Å²) in [7, 11) is -9.84. The Labute approximate surface area is 636 Å². The van der Waals surface area contributed by atoms with Crippen LogP contribution < -0.4 is 0 Å². The van der Waals surface area contributed by atoms with Crippen LogP contribution in [0.1, 0.15) is 278 Å². The van der Waals surface area contributed by atoms with E-state index in [1.54, 1.807) is 0 Å². The van der Waals surface area contributed by atoms with Crippen molar-refractivity contribution in [2.45, 2.75) is 296 Å². The molecule has 0 aliphatic rings. The molecule has 0 spiro atoms. The van der Waals surface area contributed by atoms with Crippen molar-refractivity contribution in [3.8, 4) is 0 Å². The molecule has 4 N–H and O–H groups in total. The summed E-state index contributed by atoms with van der Waals surface area (Å²) in [6.07, 6.45) is 102. The minimum absolute atomic E-state index is 0.0309. The van der Waals surface area contributed by atoms with Gasteiger partial charge in [0.1, 0.15) is 25.4 Å². The summed E-state index contributed by atoms with van der Waals surface area (Å²) < 4.78 is 61.1. The lowest BCUT2D eigenvalue weighted by Crippen LogP contribution is -2.29. The third-order valence-electron chi connectivity index (χ3n) is 15.8. The number of rotatable bonds is 73. The van der Waals surface area contributed by atoms with Crippen LogP contribution in [-0.2, 0) is 55.8 Å². The highest BCUT2D eigenvalue weighted by molar-refractivity contribution is 7.47. The number of aliphatic hydroxyl groups is 2. The largest absolute Gasteiger partial charge is 0.472 e. The Balaban J connectivity index is 4.73. The quantitative estimate of drug-likeness (QED) is 0.0146. The Bertz CT molecular complexity index is 2690. The molecule has 0 saturated carbocycles. The van der Waals surface area contributed by atoms with Gasteiger partial charge in [-0.15, -0.1) is 0 Å². The number of hydrogen-bond donors (Lipinski definition) is 4. The number of aliphatic hydroxyl groups excluding tert-OH is 2. The number of phosphoric acid groups is 2. The lowest BCUT2D eigenvalue weighted by atomic mass is 10.1. The van der Waals surface area contributed by atoms with Gasteiger partial charge in [-0.1, -0.05) is 299 Å². The molecular formula is C87H140O16P2. The van der Waals surface area contributed by atoms with Gasteiger partial charge in [-0.2, -0.15) is 0 Å². The van der Waals surface area contributed by atoms with E-state index in [1.165, 1.54) is 44.9 Å². The molecule has 0 saturated heterocycles. The molecule has 18 heteroatoms. The van der Waals surface area contributed by atoms with E-state index in [-0.39, 0.29) is 19.3 Å². The van der Waals surface area contributed by atoms with Crippen LogP contribution >= 0.6 is 15.6 Å². The molecule has 0 aliphatic carbocycles. The monoisotopic (exact) mass is 1500 g/mol. The number of carbonyl (C=O) groups is 3. The fraction of sp³-hybridized carbons (Fsp3) is 0.598. The van der Waals surface area contributed by atoms with Crippen LogP contribution in [0, 0.1) is 0 Å². The number of allylic oxidation sites excluding steroid dienone is 32. The smallest absolute Gasteiger partial charge is 0.463 e. The summed E-state index contributed by atoms with van der Waals surface area (Å²) in [6.45, 7) is 2.29. The Kier molecular flexibility index (Phi) is 73.8. The predicted molar refractivity (Wildman–Crippen MR) is 435 cm³/mol. The zero-order valence-electron chi connectivity index (χ0n) is 64.8. The maximum atomic E-state index is 13.0. The van der Waals surface area contributed by atoms with Crippen LogP contribution in [0.2, 0.25) is 0 Å². The fourth-order valence-electron chi connectivity index (χ4n) is 9.82. The van der Waals surface area contributed by atoms with Crippen LogP contribution in [0.15, 0.2) is 194 Å². The zero-order valence-corrected chi connectivity index (χ0v) is 66.6. The molecule has 0 rings (SSSR count). The van der Waals surface area contributed by atoms with Crippen molar-refractivity contribution in [2.75, 3.05) is 39.6 Å². The molecule has 105 heavy (non-hydrogen) atoms. The topological polar surface area (TPSA) is 231 Å².